The number of carbonyl (C=O) groups is 2. The summed E-state index contributed by atoms with van der Waals surface area (Å²) in [6.07, 6.45) is 6.16. The first-order valence-electron chi connectivity index (χ1n) is 12.0. The van der Waals surface area contributed by atoms with Crippen LogP contribution in [0.25, 0.3) is 10.8 Å². The summed E-state index contributed by atoms with van der Waals surface area (Å²) in [5.41, 5.74) is 0.401. The number of amides is 2. The van der Waals surface area contributed by atoms with Gasteiger partial charge in [0.15, 0.2) is 0 Å². The number of nitrogens with zero attached hydrogens (tertiary/aromatic N) is 4. The summed E-state index contributed by atoms with van der Waals surface area (Å²) in [5.74, 6) is -0.480. The van der Waals surface area contributed by atoms with E-state index < -0.39 is 11.0 Å². The average molecular weight is 553 g/mol. The van der Waals surface area contributed by atoms with Crippen LogP contribution in [-0.2, 0) is 0 Å². The van der Waals surface area contributed by atoms with Gasteiger partial charge in [0.25, 0.3) is 11.8 Å². The highest BCUT2D eigenvalue weighted by Crippen LogP contribution is 2.37. The molecule has 10 heteroatoms. The molecule has 0 bridgehead atoms. The van der Waals surface area contributed by atoms with Gasteiger partial charge in [0, 0.05) is 54.4 Å². The number of likely N-dealkylation sites (tertiary alicyclic amines) is 2. The predicted molar refractivity (Wildman–Crippen MR) is 137 cm³/mol. The summed E-state index contributed by atoms with van der Waals surface area (Å²) in [6, 6.07) is 10.5. The van der Waals surface area contributed by atoms with E-state index in [1.54, 1.807) is 28.3 Å². The van der Waals surface area contributed by atoms with E-state index in [-0.39, 0.29) is 35.4 Å². The van der Waals surface area contributed by atoms with Crippen LogP contribution in [0.15, 0.2) is 53.3 Å². The molecule has 2 aromatic carbocycles. The average Bonchev–Trinajstić information content (AvgIpc) is 3.37. The van der Waals surface area contributed by atoms with Crippen molar-refractivity contribution in [2.24, 2.45) is 0 Å². The largest absolute Gasteiger partial charge is 0.481 e. The molecule has 1 atom stereocenters. The van der Waals surface area contributed by atoms with Gasteiger partial charge in [-0.3, -0.25) is 24.7 Å². The van der Waals surface area contributed by atoms with Crippen LogP contribution >= 0.6 is 15.9 Å². The Morgan fingerprint density at radius 3 is 2.53 bits per heavy atom. The normalized spacial score (nSPS) is 17.9. The van der Waals surface area contributed by atoms with Crippen molar-refractivity contribution in [1.82, 2.24) is 14.8 Å². The Hall–Kier alpha value is -3.53. The zero-order valence-electron chi connectivity index (χ0n) is 19.6. The zero-order valence-corrected chi connectivity index (χ0v) is 21.1. The van der Waals surface area contributed by atoms with Gasteiger partial charge < -0.3 is 14.5 Å². The van der Waals surface area contributed by atoms with Crippen molar-refractivity contribution < 1.29 is 19.2 Å². The van der Waals surface area contributed by atoms with Gasteiger partial charge in [0.05, 0.1) is 22.6 Å². The molecule has 9 nitrogen and oxygen atoms in total. The number of rotatable bonds is 5. The van der Waals surface area contributed by atoms with Gasteiger partial charge in [-0.25, -0.2) is 0 Å². The number of pyridine rings is 1. The van der Waals surface area contributed by atoms with E-state index in [0.29, 0.717) is 36.1 Å². The fraction of sp³-hybridized carbons (Fsp3) is 0.346. The second-order valence-corrected chi connectivity index (χ2v) is 10.0. The second-order valence-electron chi connectivity index (χ2n) is 9.10. The molecule has 2 amide bonds. The number of nitro benzene ring substituents is 1. The number of ether oxygens (including phenoxy) is 1. The van der Waals surface area contributed by atoms with Gasteiger partial charge in [0.1, 0.15) is 6.10 Å². The Morgan fingerprint density at radius 1 is 1.00 bits per heavy atom. The lowest BCUT2D eigenvalue weighted by atomic mass is 10.1. The van der Waals surface area contributed by atoms with Crippen LogP contribution in [0.3, 0.4) is 0 Å². The van der Waals surface area contributed by atoms with Crippen molar-refractivity contribution in [2.75, 3.05) is 26.2 Å². The summed E-state index contributed by atoms with van der Waals surface area (Å²) < 4.78 is 6.59. The van der Waals surface area contributed by atoms with E-state index in [1.165, 1.54) is 6.07 Å². The highest BCUT2D eigenvalue weighted by molar-refractivity contribution is 9.10. The number of halogens is 1. The molecule has 36 heavy (non-hydrogen) atoms. The molecular weight excluding hydrogens is 528 g/mol. The Bertz CT molecular complexity index is 1340. The molecular formula is C26H25BrN4O5. The number of piperidine rings is 1. The topological polar surface area (TPSA) is 106 Å². The van der Waals surface area contributed by atoms with E-state index in [4.69, 9.17) is 4.74 Å². The molecule has 2 saturated heterocycles. The van der Waals surface area contributed by atoms with Gasteiger partial charge in [-0.1, -0.05) is 40.2 Å². The fourth-order valence-corrected chi connectivity index (χ4v) is 5.34. The maximum atomic E-state index is 13.3. The summed E-state index contributed by atoms with van der Waals surface area (Å²) >= 11 is 3.31. The number of nitro groups is 1. The standard InChI is InChI=1S/C26H25BrN4O5/c27-18-12-21(25(32)29-9-4-1-5-10-29)24(23(13-18)31(34)35)36-19-8-11-30(16-19)26(33)22-15-28-14-17-6-2-3-7-20(17)22/h2-3,6-7,12-15,19H,1,4-5,8-11,16H2/t19-/m1/s1. The minimum atomic E-state index is -0.535. The second kappa shape index (κ2) is 10.2. The Kier molecular flexibility index (Phi) is 6.86. The number of hydrogen-bond donors (Lipinski definition) is 0. The lowest BCUT2D eigenvalue weighted by Crippen LogP contribution is -2.36. The Labute approximate surface area is 216 Å². The maximum Gasteiger partial charge on any atom is 0.312 e. The highest BCUT2D eigenvalue weighted by Gasteiger charge is 2.34. The predicted octanol–water partition coefficient (Wildman–Crippen LogP) is 4.83. The first-order chi connectivity index (χ1) is 17.4. The molecule has 2 aliphatic rings. The van der Waals surface area contributed by atoms with Crippen LogP contribution in [0.4, 0.5) is 5.69 Å². The third-order valence-electron chi connectivity index (χ3n) is 6.72. The van der Waals surface area contributed by atoms with Crippen molar-refractivity contribution >= 4 is 44.2 Å². The molecule has 0 radical (unpaired) electrons. The van der Waals surface area contributed by atoms with Crippen LogP contribution in [0.2, 0.25) is 0 Å². The van der Waals surface area contributed by atoms with Crippen LogP contribution in [0.1, 0.15) is 46.4 Å². The SMILES string of the molecule is O=C(c1cc(Br)cc([N+](=O)[O-])c1O[C@@H]1CCN(C(=O)c2cncc3ccccc23)C1)N1CCCCC1. The third kappa shape index (κ3) is 4.77. The number of carbonyl (C=O) groups excluding carboxylic acids is 2. The first kappa shape index (κ1) is 24.2. The van der Waals surface area contributed by atoms with Gasteiger partial charge in [-0.2, -0.15) is 0 Å². The molecule has 0 unspecified atom stereocenters. The summed E-state index contributed by atoms with van der Waals surface area (Å²) in [6.45, 7) is 1.92. The van der Waals surface area contributed by atoms with Crippen molar-refractivity contribution in [3.63, 3.8) is 0 Å². The third-order valence-corrected chi connectivity index (χ3v) is 7.18. The maximum absolute atomic E-state index is 13.3. The van der Waals surface area contributed by atoms with E-state index in [2.05, 4.69) is 20.9 Å². The number of fused-ring (bicyclic) bond motifs is 1. The molecule has 0 aliphatic carbocycles. The monoisotopic (exact) mass is 552 g/mol. The van der Waals surface area contributed by atoms with Crippen molar-refractivity contribution in [3.8, 4) is 5.75 Å². The quantitative estimate of drug-likeness (QED) is 0.331. The minimum absolute atomic E-state index is 0.0371. The molecule has 186 valence electrons. The smallest absolute Gasteiger partial charge is 0.312 e. The summed E-state index contributed by atoms with van der Waals surface area (Å²) in [7, 11) is 0. The van der Waals surface area contributed by atoms with Crippen molar-refractivity contribution in [1.29, 1.82) is 0 Å². The molecule has 1 aromatic heterocycles. The Balaban J connectivity index is 1.40. The first-order valence-corrected chi connectivity index (χ1v) is 12.8. The molecule has 0 saturated carbocycles. The van der Waals surface area contributed by atoms with Gasteiger partial charge in [-0.15, -0.1) is 0 Å². The molecule has 3 heterocycles. The van der Waals surface area contributed by atoms with Gasteiger partial charge >= 0.3 is 5.69 Å². The Morgan fingerprint density at radius 2 is 1.75 bits per heavy atom. The van der Waals surface area contributed by atoms with Gasteiger partial charge in [0.2, 0.25) is 5.75 Å². The van der Waals surface area contributed by atoms with Gasteiger partial charge in [-0.05, 0) is 30.7 Å². The lowest BCUT2D eigenvalue weighted by Gasteiger charge is -2.27. The van der Waals surface area contributed by atoms with Crippen LogP contribution < -0.4 is 4.74 Å². The molecule has 0 N–H and O–H groups in total. The molecule has 0 spiro atoms. The van der Waals surface area contributed by atoms with E-state index in [1.807, 2.05) is 24.3 Å². The van der Waals surface area contributed by atoms with Crippen LogP contribution in [-0.4, -0.2) is 63.8 Å². The fourth-order valence-electron chi connectivity index (χ4n) is 4.90. The minimum Gasteiger partial charge on any atom is -0.481 e. The molecule has 2 aliphatic heterocycles. The van der Waals surface area contributed by atoms with E-state index in [0.717, 1.165) is 30.0 Å². The summed E-state index contributed by atoms with van der Waals surface area (Å²) in [5, 5.41) is 13.6. The highest BCUT2D eigenvalue weighted by atomic mass is 79.9. The molecule has 3 aromatic rings. The van der Waals surface area contributed by atoms with Crippen LogP contribution in [0, 0.1) is 10.1 Å². The number of benzene rings is 2. The van der Waals surface area contributed by atoms with Crippen LogP contribution in [0.5, 0.6) is 5.75 Å². The number of aromatic nitrogens is 1. The lowest BCUT2D eigenvalue weighted by molar-refractivity contribution is -0.386. The van der Waals surface area contributed by atoms with E-state index >= 15 is 0 Å². The molecule has 5 rings (SSSR count). The number of hydrogen-bond acceptors (Lipinski definition) is 6. The molecule has 2 fully saturated rings. The van der Waals surface area contributed by atoms with Crippen molar-refractivity contribution in [2.45, 2.75) is 31.8 Å². The summed E-state index contributed by atoms with van der Waals surface area (Å²) in [4.78, 5) is 45.6. The van der Waals surface area contributed by atoms with E-state index in [9.17, 15) is 19.7 Å². The zero-order chi connectivity index (χ0) is 25.2. The van der Waals surface area contributed by atoms with Crippen molar-refractivity contribution in [3.05, 3.63) is 74.5 Å².